The second-order valence-corrected chi connectivity index (χ2v) is 13.2. The molecule has 5 heteroatoms. The minimum atomic E-state index is 0.922. The van der Waals surface area contributed by atoms with E-state index in [-0.39, 0.29) is 0 Å². The van der Waals surface area contributed by atoms with Gasteiger partial charge in [0.25, 0.3) is 0 Å². The Hall–Kier alpha value is -6.98. The number of hydrogen-bond acceptors (Lipinski definition) is 3. The van der Waals surface area contributed by atoms with Gasteiger partial charge in [0.1, 0.15) is 5.65 Å². The normalized spacial score (nSPS) is 11.6. The van der Waals surface area contributed by atoms with Gasteiger partial charge in [-0.1, -0.05) is 84.9 Å². The third-order valence-corrected chi connectivity index (χ3v) is 10.0. The number of rotatable bonds is 6. The summed E-state index contributed by atoms with van der Waals surface area (Å²) in [6.07, 6.45) is 3.82. The molecule has 52 heavy (non-hydrogen) atoms. The molecule has 0 spiro atoms. The van der Waals surface area contributed by atoms with Gasteiger partial charge in [0.2, 0.25) is 0 Å². The fraction of sp³-hybridized carbons (Fsp3) is 0.0213. The molecule has 0 N–H and O–H groups in total. The molecule has 0 unspecified atom stereocenters. The monoisotopic (exact) mass is 667 g/mol. The fourth-order valence-corrected chi connectivity index (χ4v) is 7.73. The Labute approximate surface area is 301 Å². The maximum atomic E-state index is 5.03. The van der Waals surface area contributed by atoms with E-state index in [9.17, 15) is 0 Å². The van der Waals surface area contributed by atoms with Crippen LogP contribution >= 0.6 is 0 Å². The molecule has 0 aliphatic heterocycles. The maximum absolute atomic E-state index is 5.03. The topological polar surface area (TPSA) is 38.9 Å². The first kappa shape index (κ1) is 29.9. The highest BCUT2D eigenvalue weighted by Gasteiger charge is 2.22. The van der Waals surface area contributed by atoms with Crippen molar-refractivity contribution in [3.63, 3.8) is 0 Å². The van der Waals surface area contributed by atoms with Crippen molar-refractivity contribution in [2.75, 3.05) is 4.90 Å². The molecule has 0 aliphatic rings. The molecule has 0 radical (unpaired) electrons. The average Bonchev–Trinajstić information content (AvgIpc) is 3.72. The number of aromatic nitrogens is 4. The Balaban J connectivity index is 1.21. The fourth-order valence-electron chi connectivity index (χ4n) is 7.73. The zero-order valence-corrected chi connectivity index (χ0v) is 28.6. The van der Waals surface area contributed by atoms with Gasteiger partial charge in [-0.3, -0.25) is 9.55 Å². The lowest BCUT2D eigenvalue weighted by molar-refractivity contribution is 1.13. The molecule has 0 aliphatic carbocycles. The lowest BCUT2D eigenvalue weighted by Crippen LogP contribution is -2.10. The van der Waals surface area contributed by atoms with Gasteiger partial charge in [-0.05, 0) is 97.4 Å². The molecule has 6 aromatic carbocycles. The number of hydrogen-bond donors (Lipinski definition) is 0. The minimum Gasteiger partial charge on any atom is -0.310 e. The van der Waals surface area contributed by atoms with Crippen LogP contribution in [0.1, 0.15) is 5.56 Å². The molecule has 0 saturated heterocycles. The lowest BCUT2D eigenvalue weighted by Gasteiger charge is -2.26. The van der Waals surface area contributed by atoms with Crippen LogP contribution in [-0.4, -0.2) is 19.1 Å². The summed E-state index contributed by atoms with van der Waals surface area (Å²) in [6.45, 7) is 2.07. The predicted molar refractivity (Wildman–Crippen MR) is 216 cm³/mol. The van der Waals surface area contributed by atoms with E-state index in [1.165, 1.54) is 27.2 Å². The molecule has 0 amide bonds. The molecule has 5 nitrogen and oxygen atoms in total. The van der Waals surface area contributed by atoms with Crippen molar-refractivity contribution in [1.29, 1.82) is 0 Å². The number of benzene rings is 6. The zero-order valence-electron chi connectivity index (χ0n) is 28.6. The van der Waals surface area contributed by atoms with E-state index in [4.69, 9.17) is 9.97 Å². The molecule has 4 aromatic heterocycles. The van der Waals surface area contributed by atoms with E-state index in [2.05, 4.69) is 185 Å². The molecule has 4 heterocycles. The van der Waals surface area contributed by atoms with Gasteiger partial charge in [0, 0.05) is 67.9 Å². The molecule has 0 bridgehead atoms. The van der Waals surface area contributed by atoms with Crippen LogP contribution in [0.5, 0.6) is 0 Å². The summed E-state index contributed by atoms with van der Waals surface area (Å²) in [6, 6.07) is 60.3. The molecular weight excluding hydrogens is 635 g/mol. The van der Waals surface area contributed by atoms with Crippen LogP contribution in [0.25, 0.3) is 66.4 Å². The van der Waals surface area contributed by atoms with E-state index in [1.807, 2.05) is 18.5 Å². The Morgan fingerprint density at radius 2 is 1.19 bits per heavy atom. The first-order valence-corrected chi connectivity index (χ1v) is 17.6. The molecule has 0 saturated carbocycles. The van der Waals surface area contributed by atoms with Crippen LogP contribution in [0.3, 0.4) is 0 Å². The third kappa shape index (κ3) is 4.78. The van der Waals surface area contributed by atoms with Crippen molar-refractivity contribution in [2.24, 2.45) is 0 Å². The van der Waals surface area contributed by atoms with Crippen LogP contribution < -0.4 is 4.90 Å². The van der Waals surface area contributed by atoms with Gasteiger partial charge < -0.3 is 9.47 Å². The Bertz CT molecular complexity index is 2900. The summed E-state index contributed by atoms with van der Waals surface area (Å²) in [5, 5.41) is 4.76. The summed E-state index contributed by atoms with van der Waals surface area (Å²) in [5.74, 6) is 0. The number of para-hydroxylation sites is 3. The van der Waals surface area contributed by atoms with Crippen LogP contribution in [0.4, 0.5) is 17.1 Å². The average molecular weight is 668 g/mol. The Morgan fingerprint density at radius 3 is 2.02 bits per heavy atom. The SMILES string of the molecule is Cc1ccc(-c2cccc(N(c3ccccc3)c3cccc(-n4c5ccc6c7ccccc7n(-c7ccccc7)c6c5c5cccnc54)c3)c2)nc1. The highest BCUT2D eigenvalue weighted by atomic mass is 15.1. The van der Waals surface area contributed by atoms with Crippen LogP contribution in [0, 0.1) is 6.92 Å². The van der Waals surface area contributed by atoms with Gasteiger partial charge in [-0.25, -0.2) is 4.98 Å². The van der Waals surface area contributed by atoms with Crippen LogP contribution in [0.15, 0.2) is 182 Å². The maximum Gasteiger partial charge on any atom is 0.145 e. The first-order valence-electron chi connectivity index (χ1n) is 17.6. The second kappa shape index (κ2) is 12.1. The summed E-state index contributed by atoms with van der Waals surface area (Å²) in [5.41, 5.74) is 12.9. The summed E-state index contributed by atoms with van der Waals surface area (Å²) in [7, 11) is 0. The standard InChI is InChI=1S/C47H33N5/c1-32-24-26-42(49-31-32)33-13-10-18-36(29-33)50(34-14-4-2-5-15-34)37-19-11-20-38(30-37)52-44-27-25-40-39-21-8-9-23-43(39)51(35-16-6-3-7-17-35)46(40)45(44)41-22-12-28-48-47(41)52/h2-31H,1H3. The highest BCUT2D eigenvalue weighted by Crippen LogP contribution is 2.43. The largest absolute Gasteiger partial charge is 0.310 e. The molecule has 0 fully saturated rings. The Morgan fingerprint density at radius 1 is 0.481 bits per heavy atom. The van der Waals surface area contributed by atoms with Crippen LogP contribution in [0.2, 0.25) is 0 Å². The van der Waals surface area contributed by atoms with Gasteiger partial charge in [-0.15, -0.1) is 0 Å². The quantitative estimate of drug-likeness (QED) is 0.177. The molecule has 0 atom stereocenters. The van der Waals surface area contributed by atoms with Crippen molar-refractivity contribution >= 4 is 60.8 Å². The molecule has 246 valence electrons. The van der Waals surface area contributed by atoms with E-state index in [1.54, 1.807) is 0 Å². The Kier molecular flexibility index (Phi) is 6.96. The van der Waals surface area contributed by atoms with Crippen molar-refractivity contribution < 1.29 is 0 Å². The molecular formula is C47H33N5. The van der Waals surface area contributed by atoms with Gasteiger partial charge >= 0.3 is 0 Å². The first-order chi connectivity index (χ1) is 25.7. The number of pyridine rings is 2. The van der Waals surface area contributed by atoms with Gasteiger partial charge in [0.05, 0.1) is 22.2 Å². The lowest BCUT2D eigenvalue weighted by atomic mass is 10.1. The minimum absolute atomic E-state index is 0.922. The second-order valence-electron chi connectivity index (χ2n) is 13.2. The van der Waals surface area contributed by atoms with E-state index < -0.39 is 0 Å². The van der Waals surface area contributed by atoms with E-state index in [0.717, 1.165) is 61.8 Å². The van der Waals surface area contributed by atoms with Crippen molar-refractivity contribution in [1.82, 2.24) is 19.1 Å². The smallest absolute Gasteiger partial charge is 0.145 e. The van der Waals surface area contributed by atoms with Crippen molar-refractivity contribution in [3.8, 4) is 22.6 Å². The number of anilines is 3. The number of aryl methyl sites for hydroxylation is 1. The highest BCUT2D eigenvalue weighted by molar-refractivity contribution is 6.25. The van der Waals surface area contributed by atoms with Crippen molar-refractivity contribution in [2.45, 2.75) is 6.92 Å². The molecule has 10 aromatic rings. The van der Waals surface area contributed by atoms with Gasteiger partial charge in [0.15, 0.2) is 0 Å². The summed E-state index contributed by atoms with van der Waals surface area (Å²) >= 11 is 0. The van der Waals surface area contributed by atoms with E-state index in [0.29, 0.717) is 0 Å². The third-order valence-electron chi connectivity index (χ3n) is 10.0. The number of fused-ring (bicyclic) bond motifs is 7. The van der Waals surface area contributed by atoms with Gasteiger partial charge in [-0.2, -0.15) is 0 Å². The predicted octanol–water partition coefficient (Wildman–Crippen LogP) is 12.1. The summed E-state index contributed by atoms with van der Waals surface area (Å²) in [4.78, 5) is 12.1. The summed E-state index contributed by atoms with van der Waals surface area (Å²) < 4.78 is 4.73. The van der Waals surface area contributed by atoms with E-state index >= 15 is 0 Å². The molecule has 10 rings (SSSR count). The zero-order chi connectivity index (χ0) is 34.6. The number of nitrogens with zero attached hydrogens (tertiary/aromatic N) is 5. The van der Waals surface area contributed by atoms with Crippen molar-refractivity contribution in [3.05, 3.63) is 188 Å². The van der Waals surface area contributed by atoms with Crippen LogP contribution in [-0.2, 0) is 0 Å².